The lowest BCUT2D eigenvalue weighted by Gasteiger charge is -2.05. The minimum Gasteiger partial charge on any atom is -0.497 e. The molecular weight excluding hydrogens is 316 g/mol. The van der Waals surface area contributed by atoms with Gasteiger partial charge in [-0.05, 0) is 29.8 Å². The maximum absolute atomic E-state index is 12.6. The molecule has 0 unspecified atom stereocenters. The first kappa shape index (κ1) is 15.1. The summed E-state index contributed by atoms with van der Waals surface area (Å²) in [5, 5.41) is 0. The van der Waals surface area contributed by atoms with Crippen molar-refractivity contribution in [2.45, 2.75) is 6.54 Å². The molecule has 0 aliphatic carbocycles. The van der Waals surface area contributed by atoms with E-state index in [-0.39, 0.29) is 5.56 Å². The number of aromatic amines is 1. The van der Waals surface area contributed by atoms with Crippen LogP contribution in [0.5, 0.6) is 5.75 Å². The van der Waals surface area contributed by atoms with Crippen molar-refractivity contribution in [1.82, 2.24) is 19.5 Å². The van der Waals surface area contributed by atoms with Crippen LogP contribution in [0, 0.1) is 0 Å². The van der Waals surface area contributed by atoms with Gasteiger partial charge in [0, 0.05) is 12.1 Å². The van der Waals surface area contributed by atoms with Gasteiger partial charge in [0.05, 0.1) is 13.4 Å². The Morgan fingerprint density at radius 2 is 1.84 bits per heavy atom. The number of H-pyrrole nitrogens is 1. The Morgan fingerprint density at radius 1 is 1.08 bits per heavy atom. The highest BCUT2D eigenvalue weighted by molar-refractivity contribution is 5.72. The minimum absolute atomic E-state index is 0.204. The molecule has 6 heteroatoms. The molecule has 4 aromatic rings. The second kappa shape index (κ2) is 6.24. The standard InChI is InChI=1S/C19H16N4O2/c1-25-15-9-7-14(8-10-15)17-21-18-16(19(24)22-17)23(12-20-18)11-13-5-3-2-4-6-13/h2-10,12H,11H2,1H3,(H,21,22,24). The predicted octanol–water partition coefficient (Wildman–Crippen LogP) is 2.84. The Bertz CT molecular complexity index is 1070. The average molecular weight is 332 g/mol. The number of imidazole rings is 1. The van der Waals surface area contributed by atoms with Crippen molar-refractivity contribution in [2.24, 2.45) is 0 Å². The number of hydrogen-bond donors (Lipinski definition) is 1. The van der Waals surface area contributed by atoms with Crippen molar-refractivity contribution in [2.75, 3.05) is 7.11 Å². The zero-order chi connectivity index (χ0) is 17.2. The van der Waals surface area contributed by atoms with E-state index in [9.17, 15) is 4.79 Å². The summed E-state index contributed by atoms with van der Waals surface area (Å²) in [6.07, 6.45) is 1.65. The minimum atomic E-state index is -0.204. The topological polar surface area (TPSA) is 72.8 Å². The lowest BCUT2D eigenvalue weighted by atomic mass is 10.2. The molecular formula is C19H16N4O2. The number of nitrogens with zero attached hydrogens (tertiary/aromatic N) is 3. The predicted molar refractivity (Wildman–Crippen MR) is 95.7 cm³/mol. The van der Waals surface area contributed by atoms with Crippen LogP contribution in [0.25, 0.3) is 22.6 Å². The summed E-state index contributed by atoms with van der Waals surface area (Å²) in [6, 6.07) is 17.3. The Balaban J connectivity index is 1.75. The summed E-state index contributed by atoms with van der Waals surface area (Å²) in [4.78, 5) is 24.2. The zero-order valence-electron chi connectivity index (χ0n) is 13.6. The zero-order valence-corrected chi connectivity index (χ0v) is 13.6. The van der Waals surface area contributed by atoms with E-state index in [4.69, 9.17) is 4.74 Å². The van der Waals surface area contributed by atoms with Crippen LogP contribution in [0.1, 0.15) is 5.56 Å². The van der Waals surface area contributed by atoms with Gasteiger partial charge in [-0.2, -0.15) is 0 Å². The molecule has 0 atom stereocenters. The van der Waals surface area contributed by atoms with Gasteiger partial charge in [-0.15, -0.1) is 0 Å². The van der Waals surface area contributed by atoms with Gasteiger partial charge in [0.15, 0.2) is 11.2 Å². The molecule has 4 rings (SSSR count). The average Bonchev–Trinajstić information content (AvgIpc) is 3.06. The van der Waals surface area contributed by atoms with Gasteiger partial charge >= 0.3 is 0 Å². The molecule has 0 spiro atoms. The third kappa shape index (κ3) is 2.89. The molecule has 0 fully saturated rings. The van der Waals surface area contributed by atoms with Gasteiger partial charge in [0.25, 0.3) is 5.56 Å². The highest BCUT2D eigenvalue weighted by Crippen LogP contribution is 2.19. The van der Waals surface area contributed by atoms with Crippen LogP contribution >= 0.6 is 0 Å². The van der Waals surface area contributed by atoms with E-state index < -0.39 is 0 Å². The first-order valence-corrected chi connectivity index (χ1v) is 7.88. The van der Waals surface area contributed by atoms with Gasteiger partial charge in [-0.1, -0.05) is 30.3 Å². The third-order valence-corrected chi connectivity index (χ3v) is 4.04. The van der Waals surface area contributed by atoms with Gasteiger partial charge in [0.1, 0.15) is 11.6 Å². The first-order valence-electron chi connectivity index (χ1n) is 7.88. The molecule has 0 saturated heterocycles. The molecule has 6 nitrogen and oxygen atoms in total. The van der Waals surface area contributed by atoms with E-state index in [1.54, 1.807) is 13.4 Å². The number of benzene rings is 2. The molecule has 2 aromatic carbocycles. The Labute approximate surface area is 143 Å². The van der Waals surface area contributed by atoms with Crippen LogP contribution in [0.15, 0.2) is 65.7 Å². The Kier molecular flexibility index (Phi) is 3.78. The van der Waals surface area contributed by atoms with E-state index >= 15 is 0 Å². The molecule has 2 aromatic heterocycles. The van der Waals surface area contributed by atoms with Crippen LogP contribution in [0.3, 0.4) is 0 Å². The fraction of sp³-hybridized carbons (Fsp3) is 0.105. The lowest BCUT2D eigenvalue weighted by molar-refractivity contribution is 0.415. The number of nitrogens with one attached hydrogen (secondary N) is 1. The summed E-state index contributed by atoms with van der Waals surface area (Å²) in [6.45, 7) is 0.573. The fourth-order valence-corrected chi connectivity index (χ4v) is 2.77. The number of ether oxygens (including phenoxy) is 1. The van der Waals surface area contributed by atoms with Crippen LogP contribution in [0.2, 0.25) is 0 Å². The van der Waals surface area contributed by atoms with Crippen LogP contribution in [0.4, 0.5) is 0 Å². The highest BCUT2D eigenvalue weighted by Gasteiger charge is 2.12. The van der Waals surface area contributed by atoms with E-state index in [0.29, 0.717) is 23.5 Å². The second-order valence-electron chi connectivity index (χ2n) is 5.67. The quantitative estimate of drug-likeness (QED) is 0.624. The van der Waals surface area contributed by atoms with Crippen LogP contribution in [-0.4, -0.2) is 26.6 Å². The molecule has 0 radical (unpaired) electrons. The van der Waals surface area contributed by atoms with Crippen molar-refractivity contribution < 1.29 is 4.74 Å². The summed E-state index contributed by atoms with van der Waals surface area (Å²) < 4.78 is 6.96. The molecule has 0 amide bonds. The molecule has 25 heavy (non-hydrogen) atoms. The Hall–Kier alpha value is -3.41. The first-order chi connectivity index (χ1) is 12.2. The van der Waals surface area contributed by atoms with Gasteiger partial charge < -0.3 is 14.3 Å². The number of fused-ring (bicyclic) bond motifs is 1. The van der Waals surface area contributed by atoms with Crippen molar-refractivity contribution in [1.29, 1.82) is 0 Å². The molecule has 0 aliphatic rings. The van der Waals surface area contributed by atoms with E-state index in [2.05, 4.69) is 15.0 Å². The number of aromatic nitrogens is 4. The SMILES string of the molecule is COc1ccc(-c2nc3ncn(Cc4ccccc4)c3c(=O)[nH]2)cc1. The maximum atomic E-state index is 12.6. The smallest absolute Gasteiger partial charge is 0.277 e. The molecule has 1 N–H and O–H groups in total. The number of methoxy groups -OCH3 is 1. The second-order valence-corrected chi connectivity index (χ2v) is 5.67. The van der Waals surface area contributed by atoms with Crippen LogP contribution in [-0.2, 0) is 6.54 Å². The summed E-state index contributed by atoms with van der Waals surface area (Å²) in [5.41, 5.74) is 2.61. The van der Waals surface area contributed by atoms with E-state index in [1.165, 1.54) is 0 Å². The van der Waals surface area contributed by atoms with Crippen molar-refractivity contribution in [3.63, 3.8) is 0 Å². The van der Waals surface area contributed by atoms with Gasteiger partial charge in [-0.3, -0.25) is 4.79 Å². The van der Waals surface area contributed by atoms with Crippen molar-refractivity contribution >= 4 is 11.2 Å². The van der Waals surface area contributed by atoms with E-state index in [1.807, 2.05) is 59.2 Å². The summed E-state index contributed by atoms with van der Waals surface area (Å²) in [7, 11) is 1.61. The van der Waals surface area contributed by atoms with Gasteiger partial charge in [-0.25, -0.2) is 9.97 Å². The molecule has 2 heterocycles. The lowest BCUT2D eigenvalue weighted by Crippen LogP contribution is -2.13. The Morgan fingerprint density at radius 3 is 2.56 bits per heavy atom. The largest absolute Gasteiger partial charge is 0.497 e. The van der Waals surface area contributed by atoms with Crippen molar-refractivity contribution in [3.05, 3.63) is 76.8 Å². The molecule has 0 saturated carbocycles. The van der Waals surface area contributed by atoms with Gasteiger partial charge in [0.2, 0.25) is 0 Å². The summed E-state index contributed by atoms with van der Waals surface area (Å²) in [5.74, 6) is 1.24. The summed E-state index contributed by atoms with van der Waals surface area (Å²) >= 11 is 0. The normalized spacial score (nSPS) is 10.9. The maximum Gasteiger partial charge on any atom is 0.277 e. The number of rotatable bonds is 4. The van der Waals surface area contributed by atoms with Crippen molar-refractivity contribution in [3.8, 4) is 17.1 Å². The van der Waals surface area contributed by atoms with Crippen LogP contribution < -0.4 is 10.3 Å². The molecule has 0 bridgehead atoms. The van der Waals surface area contributed by atoms with E-state index in [0.717, 1.165) is 16.9 Å². The monoisotopic (exact) mass is 332 g/mol. The molecule has 0 aliphatic heterocycles. The molecule has 124 valence electrons. The highest BCUT2D eigenvalue weighted by atomic mass is 16.5. The fourth-order valence-electron chi connectivity index (χ4n) is 2.77. The number of hydrogen-bond acceptors (Lipinski definition) is 4. The third-order valence-electron chi connectivity index (χ3n) is 4.04.